The van der Waals surface area contributed by atoms with Gasteiger partial charge >= 0.3 is 0 Å². The minimum Gasteiger partial charge on any atom is -0.368 e. The van der Waals surface area contributed by atoms with Gasteiger partial charge in [0.25, 0.3) is 0 Å². The van der Waals surface area contributed by atoms with Crippen LogP contribution in [0.3, 0.4) is 0 Å². The van der Waals surface area contributed by atoms with Crippen molar-refractivity contribution >= 4 is 5.69 Å². The topological polar surface area (TPSA) is 15.3 Å². The molecule has 1 unspecified atom stereocenters. The van der Waals surface area contributed by atoms with Crippen LogP contribution >= 0.6 is 0 Å². The highest BCUT2D eigenvalue weighted by molar-refractivity contribution is 5.55. The van der Waals surface area contributed by atoms with Crippen molar-refractivity contribution in [2.75, 3.05) is 18.0 Å². The van der Waals surface area contributed by atoms with Crippen molar-refractivity contribution in [3.8, 4) is 0 Å². The highest BCUT2D eigenvalue weighted by Gasteiger charge is 2.30. The van der Waals surface area contributed by atoms with Gasteiger partial charge in [-0.1, -0.05) is 12.1 Å². The van der Waals surface area contributed by atoms with Crippen LogP contribution in [0.5, 0.6) is 0 Å². The molecule has 1 atom stereocenters. The summed E-state index contributed by atoms with van der Waals surface area (Å²) >= 11 is 0. The van der Waals surface area contributed by atoms with Crippen LogP contribution in [0.2, 0.25) is 0 Å². The van der Waals surface area contributed by atoms with E-state index in [0.29, 0.717) is 6.04 Å². The maximum Gasteiger partial charge on any atom is 0.0399 e. The monoisotopic (exact) mass is 232 g/mol. The first-order valence-electron chi connectivity index (χ1n) is 6.47. The second kappa shape index (κ2) is 4.34. The van der Waals surface area contributed by atoms with E-state index in [1.807, 2.05) is 0 Å². The molecule has 0 aliphatic carbocycles. The van der Waals surface area contributed by atoms with Crippen LogP contribution in [-0.4, -0.2) is 24.7 Å². The van der Waals surface area contributed by atoms with E-state index in [1.165, 1.54) is 16.8 Å². The zero-order valence-corrected chi connectivity index (χ0v) is 11.7. The molecule has 94 valence electrons. The molecule has 1 saturated heterocycles. The molecular weight excluding hydrogens is 208 g/mol. The van der Waals surface area contributed by atoms with E-state index in [0.717, 1.165) is 13.1 Å². The summed E-state index contributed by atoms with van der Waals surface area (Å²) < 4.78 is 0. The van der Waals surface area contributed by atoms with Crippen LogP contribution in [0, 0.1) is 13.8 Å². The van der Waals surface area contributed by atoms with Crippen LogP contribution in [0.1, 0.15) is 31.9 Å². The van der Waals surface area contributed by atoms with Crippen molar-refractivity contribution in [3.63, 3.8) is 0 Å². The summed E-state index contributed by atoms with van der Waals surface area (Å²) in [5, 5.41) is 3.65. The maximum atomic E-state index is 3.65. The molecule has 1 aromatic rings. The number of hydrogen-bond acceptors (Lipinski definition) is 2. The number of nitrogens with one attached hydrogen (secondary N) is 1. The third-order valence-electron chi connectivity index (χ3n) is 3.42. The zero-order valence-electron chi connectivity index (χ0n) is 11.7. The summed E-state index contributed by atoms with van der Waals surface area (Å²) in [7, 11) is 0. The highest BCUT2D eigenvalue weighted by Crippen LogP contribution is 2.26. The summed E-state index contributed by atoms with van der Waals surface area (Å²) in [6, 6.07) is 7.27. The fraction of sp³-hybridized carbons (Fsp3) is 0.600. The van der Waals surface area contributed by atoms with Gasteiger partial charge in [-0.25, -0.2) is 0 Å². The van der Waals surface area contributed by atoms with Gasteiger partial charge in [-0.2, -0.15) is 0 Å². The number of nitrogens with zero attached hydrogens (tertiary/aromatic N) is 1. The summed E-state index contributed by atoms with van der Waals surface area (Å²) in [6.45, 7) is 13.4. The van der Waals surface area contributed by atoms with Crippen molar-refractivity contribution in [1.29, 1.82) is 0 Å². The average Bonchev–Trinajstić information content (AvgIpc) is 2.18. The van der Waals surface area contributed by atoms with Crippen LogP contribution in [-0.2, 0) is 0 Å². The Kier molecular flexibility index (Phi) is 3.17. The zero-order chi connectivity index (χ0) is 12.6. The molecule has 0 spiro atoms. The fourth-order valence-corrected chi connectivity index (χ4v) is 2.87. The molecule has 0 amide bonds. The van der Waals surface area contributed by atoms with Crippen LogP contribution in [0.15, 0.2) is 18.2 Å². The lowest BCUT2D eigenvalue weighted by Gasteiger charge is -2.44. The normalized spacial score (nSPS) is 23.8. The number of benzene rings is 1. The molecule has 0 radical (unpaired) electrons. The quantitative estimate of drug-likeness (QED) is 0.801. The van der Waals surface area contributed by atoms with Gasteiger partial charge in [-0.15, -0.1) is 0 Å². The van der Waals surface area contributed by atoms with Gasteiger partial charge in [0.2, 0.25) is 0 Å². The Hall–Kier alpha value is -1.02. The molecule has 0 saturated carbocycles. The van der Waals surface area contributed by atoms with Gasteiger partial charge in [-0.3, -0.25) is 0 Å². The number of rotatable bonds is 1. The van der Waals surface area contributed by atoms with E-state index in [-0.39, 0.29) is 5.54 Å². The minimum absolute atomic E-state index is 0.188. The van der Waals surface area contributed by atoms with E-state index in [2.05, 4.69) is 63.0 Å². The van der Waals surface area contributed by atoms with Crippen LogP contribution in [0.4, 0.5) is 5.69 Å². The third-order valence-corrected chi connectivity index (χ3v) is 3.42. The first-order valence-corrected chi connectivity index (χ1v) is 6.47. The van der Waals surface area contributed by atoms with E-state index >= 15 is 0 Å². The molecule has 2 heteroatoms. The molecule has 1 N–H and O–H groups in total. The third kappa shape index (κ3) is 2.81. The van der Waals surface area contributed by atoms with Crippen molar-refractivity contribution in [2.45, 2.75) is 46.2 Å². The predicted octanol–water partition coefficient (Wildman–Crippen LogP) is 2.88. The Balaban J connectivity index is 2.30. The van der Waals surface area contributed by atoms with Gasteiger partial charge in [0.05, 0.1) is 0 Å². The molecular formula is C15H24N2. The number of aryl methyl sites for hydroxylation is 2. The first kappa shape index (κ1) is 12.4. The molecule has 1 aromatic carbocycles. The summed E-state index contributed by atoms with van der Waals surface area (Å²) in [6.07, 6.45) is 0. The molecule has 0 aromatic heterocycles. The molecule has 2 nitrogen and oxygen atoms in total. The standard InChI is InChI=1S/C15H24N2/c1-11-6-7-12(2)14(8-11)17-9-13(3)16-15(4,5)10-17/h6-8,13,16H,9-10H2,1-5H3. The number of piperazine rings is 1. The minimum atomic E-state index is 0.188. The Morgan fingerprint density at radius 1 is 1.29 bits per heavy atom. The molecule has 17 heavy (non-hydrogen) atoms. The predicted molar refractivity (Wildman–Crippen MR) is 74.8 cm³/mol. The lowest BCUT2D eigenvalue weighted by molar-refractivity contribution is 0.301. The maximum absolute atomic E-state index is 3.65. The highest BCUT2D eigenvalue weighted by atomic mass is 15.2. The van der Waals surface area contributed by atoms with Crippen LogP contribution < -0.4 is 10.2 Å². The lowest BCUT2D eigenvalue weighted by Crippen LogP contribution is -2.61. The summed E-state index contributed by atoms with van der Waals surface area (Å²) in [5.41, 5.74) is 4.30. The molecule has 1 fully saturated rings. The lowest BCUT2D eigenvalue weighted by atomic mass is 9.97. The van der Waals surface area contributed by atoms with Crippen molar-refractivity contribution in [1.82, 2.24) is 5.32 Å². The van der Waals surface area contributed by atoms with Gasteiger partial charge in [0.15, 0.2) is 0 Å². The molecule has 2 rings (SSSR count). The second-order valence-electron chi connectivity index (χ2n) is 6.10. The fourth-order valence-electron chi connectivity index (χ4n) is 2.87. The van der Waals surface area contributed by atoms with Crippen molar-refractivity contribution in [2.24, 2.45) is 0 Å². The Bertz CT molecular complexity index is 409. The Morgan fingerprint density at radius 3 is 2.65 bits per heavy atom. The van der Waals surface area contributed by atoms with E-state index in [1.54, 1.807) is 0 Å². The largest absolute Gasteiger partial charge is 0.368 e. The molecule has 1 aliphatic rings. The van der Waals surface area contributed by atoms with Gasteiger partial charge < -0.3 is 10.2 Å². The number of hydrogen-bond donors (Lipinski definition) is 1. The smallest absolute Gasteiger partial charge is 0.0399 e. The van der Waals surface area contributed by atoms with E-state index in [9.17, 15) is 0 Å². The number of anilines is 1. The molecule has 1 aliphatic heterocycles. The summed E-state index contributed by atoms with van der Waals surface area (Å²) in [4.78, 5) is 2.52. The van der Waals surface area contributed by atoms with Gasteiger partial charge in [-0.05, 0) is 51.8 Å². The summed E-state index contributed by atoms with van der Waals surface area (Å²) in [5.74, 6) is 0. The Labute approximate surface area is 105 Å². The van der Waals surface area contributed by atoms with Crippen LogP contribution in [0.25, 0.3) is 0 Å². The molecule has 1 heterocycles. The van der Waals surface area contributed by atoms with E-state index in [4.69, 9.17) is 0 Å². The SMILES string of the molecule is Cc1ccc(C)c(N2CC(C)NC(C)(C)C2)c1. The molecule has 0 bridgehead atoms. The van der Waals surface area contributed by atoms with Gasteiger partial charge in [0, 0.05) is 30.4 Å². The van der Waals surface area contributed by atoms with Crippen molar-refractivity contribution in [3.05, 3.63) is 29.3 Å². The Morgan fingerprint density at radius 2 is 2.00 bits per heavy atom. The average molecular weight is 232 g/mol. The first-order chi connectivity index (χ1) is 7.87. The second-order valence-corrected chi connectivity index (χ2v) is 6.10. The van der Waals surface area contributed by atoms with E-state index < -0.39 is 0 Å². The van der Waals surface area contributed by atoms with Crippen molar-refractivity contribution < 1.29 is 0 Å². The van der Waals surface area contributed by atoms with Gasteiger partial charge in [0.1, 0.15) is 0 Å².